The smallest absolute Gasteiger partial charge is 0.213 e. The molecule has 0 amide bonds. The Labute approximate surface area is 103 Å². The Morgan fingerprint density at radius 1 is 1.31 bits per heavy atom. The molecule has 88 valence electrons. The summed E-state index contributed by atoms with van der Waals surface area (Å²) in [5, 5.41) is 0. The first-order valence-electron chi connectivity index (χ1n) is 6.07. The van der Waals surface area contributed by atoms with E-state index in [9.17, 15) is 0 Å². The van der Waals surface area contributed by atoms with Crippen LogP contribution < -0.4 is 4.74 Å². The van der Waals surface area contributed by atoms with Crippen LogP contribution in [0.15, 0.2) is 18.3 Å². The number of hydrogen-bond acceptors (Lipinski definition) is 3. The van der Waals surface area contributed by atoms with Crippen LogP contribution in [0, 0.1) is 5.92 Å². The molecule has 2 nitrogen and oxygen atoms in total. The molecule has 1 aromatic heterocycles. The van der Waals surface area contributed by atoms with Gasteiger partial charge < -0.3 is 4.74 Å². The van der Waals surface area contributed by atoms with Gasteiger partial charge in [-0.25, -0.2) is 4.98 Å². The summed E-state index contributed by atoms with van der Waals surface area (Å²) in [5.41, 5.74) is 1.16. The molecule has 0 radical (unpaired) electrons. The van der Waals surface area contributed by atoms with E-state index in [2.05, 4.69) is 17.6 Å². The fourth-order valence-corrected chi connectivity index (χ4v) is 2.38. The summed E-state index contributed by atoms with van der Waals surface area (Å²) in [6.07, 6.45) is 8.53. The SMILES string of the molecule is SCc1ccnc(OCC2CCCCC2)c1. The predicted octanol–water partition coefficient (Wildman–Crippen LogP) is 3.47. The van der Waals surface area contributed by atoms with Gasteiger partial charge >= 0.3 is 0 Å². The molecule has 1 fully saturated rings. The highest BCUT2D eigenvalue weighted by atomic mass is 32.1. The topological polar surface area (TPSA) is 22.1 Å². The summed E-state index contributed by atoms with van der Waals surface area (Å²) in [6.45, 7) is 0.822. The monoisotopic (exact) mass is 237 g/mol. The van der Waals surface area contributed by atoms with E-state index < -0.39 is 0 Å². The van der Waals surface area contributed by atoms with Crippen molar-refractivity contribution >= 4 is 12.6 Å². The van der Waals surface area contributed by atoms with Crippen molar-refractivity contribution in [2.45, 2.75) is 37.9 Å². The minimum atomic E-state index is 0.732. The minimum absolute atomic E-state index is 0.732. The van der Waals surface area contributed by atoms with Crippen LogP contribution >= 0.6 is 12.6 Å². The van der Waals surface area contributed by atoms with E-state index in [-0.39, 0.29) is 0 Å². The van der Waals surface area contributed by atoms with Crippen molar-refractivity contribution in [2.24, 2.45) is 5.92 Å². The minimum Gasteiger partial charge on any atom is -0.477 e. The van der Waals surface area contributed by atoms with Gasteiger partial charge in [-0.2, -0.15) is 12.6 Å². The van der Waals surface area contributed by atoms with Crippen LogP contribution in [0.2, 0.25) is 0 Å². The lowest BCUT2D eigenvalue weighted by Crippen LogP contribution is -2.15. The molecule has 0 spiro atoms. The molecule has 1 aliphatic rings. The van der Waals surface area contributed by atoms with E-state index in [4.69, 9.17) is 4.74 Å². The maximum Gasteiger partial charge on any atom is 0.213 e. The van der Waals surface area contributed by atoms with E-state index >= 15 is 0 Å². The predicted molar refractivity (Wildman–Crippen MR) is 69.0 cm³/mol. The second-order valence-electron chi connectivity index (χ2n) is 4.48. The van der Waals surface area contributed by atoms with Gasteiger partial charge in [-0.05, 0) is 30.4 Å². The Balaban J connectivity index is 1.83. The normalized spacial score (nSPS) is 17.3. The molecule has 0 unspecified atom stereocenters. The lowest BCUT2D eigenvalue weighted by Gasteiger charge is -2.21. The second-order valence-corrected chi connectivity index (χ2v) is 4.79. The largest absolute Gasteiger partial charge is 0.477 e. The highest BCUT2D eigenvalue weighted by Gasteiger charge is 2.14. The first-order chi connectivity index (χ1) is 7.88. The fraction of sp³-hybridized carbons (Fsp3) is 0.615. The maximum absolute atomic E-state index is 5.74. The molecule has 0 N–H and O–H groups in total. The van der Waals surface area contributed by atoms with E-state index in [1.807, 2.05) is 12.1 Å². The molecule has 1 saturated carbocycles. The molecule has 0 aliphatic heterocycles. The highest BCUT2D eigenvalue weighted by Crippen LogP contribution is 2.24. The summed E-state index contributed by atoms with van der Waals surface area (Å²) < 4.78 is 5.74. The van der Waals surface area contributed by atoms with Gasteiger partial charge in [0, 0.05) is 18.0 Å². The molecular weight excluding hydrogens is 218 g/mol. The van der Waals surface area contributed by atoms with E-state index in [1.165, 1.54) is 32.1 Å². The molecule has 3 heteroatoms. The maximum atomic E-state index is 5.74. The van der Waals surface area contributed by atoms with Crippen LogP contribution in [-0.2, 0) is 5.75 Å². The van der Waals surface area contributed by atoms with E-state index in [0.29, 0.717) is 0 Å². The molecule has 1 heterocycles. The van der Waals surface area contributed by atoms with Gasteiger partial charge in [0.25, 0.3) is 0 Å². The standard InChI is InChI=1S/C13H19NOS/c16-10-12-6-7-14-13(8-12)15-9-11-4-2-1-3-5-11/h6-8,11,16H,1-5,9-10H2. The van der Waals surface area contributed by atoms with Crippen molar-refractivity contribution in [2.75, 3.05) is 6.61 Å². The van der Waals surface area contributed by atoms with Crippen molar-refractivity contribution in [3.63, 3.8) is 0 Å². The third-order valence-corrected chi connectivity index (χ3v) is 3.54. The van der Waals surface area contributed by atoms with Crippen molar-refractivity contribution in [3.8, 4) is 5.88 Å². The number of hydrogen-bond donors (Lipinski definition) is 1. The van der Waals surface area contributed by atoms with Gasteiger partial charge in [0.2, 0.25) is 5.88 Å². The molecule has 16 heavy (non-hydrogen) atoms. The van der Waals surface area contributed by atoms with Gasteiger partial charge in [0.15, 0.2) is 0 Å². The first-order valence-corrected chi connectivity index (χ1v) is 6.70. The Morgan fingerprint density at radius 2 is 2.12 bits per heavy atom. The van der Waals surface area contributed by atoms with Gasteiger partial charge in [-0.15, -0.1) is 0 Å². The highest BCUT2D eigenvalue weighted by molar-refractivity contribution is 7.79. The number of thiol groups is 1. The second kappa shape index (κ2) is 6.14. The average Bonchev–Trinajstić information content (AvgIpc) is 2.38. The molecule has 0 saturated heterocycles. The Kier molecular flexibility index (Phi) is 4.52. The quantitative estimate of drug-likeness (QED) is 0.810. The molecule has 2 rings (SSSR count). The Hall–Kier alpha value is -0.700. The summed E-state index contributed by atoms with van der Waals surface area (Å²) in [4.78, 5) is 4.22. The van der Waals surface area contributed by atoms with Crippen LogP contribution in [0.3, 0.4) is 0 Å². The van der Waals surface area contributed by atoms with Crippen LogP contribution in [0.25, 0.3) is 0 Å². The van der Waals surface area contributed by atoms with Crippen molar-refractivity contribution in [1.82, 2.24) is 4.98 Å². The summed E-state index contributed by atoms with van der Waals surface area (Å²) in [5.74, 6) is 2.22. The number of ether oxygens (including phenoxy) is 1. The fourth-order valence-electron chi connectivity index (χ4n) is 2.18. The van der Waals surface area contributed by atoms with Gasteiger partial charge in [-0.3, -0.25) is 0 Å². The number of pyridine rings is 1. The van der Waals surface area contributed by atoms with Gasteiger partial charge in [-0.1, -0.05) is 19.3 Å². The summed E-state index contributed by atoms with van der Waals surface area (Å²) >= 11 is 4.24. The third kappa shape index (κ3) is 3.41. The third-order valence-electron chi connectivity index (χ3n) is 3.17. The van der Waals surface area contributed by atoms with Crippen molar-refractivity contribution in [1.29, 1.82) is 0 Å². The molecule has 0 bridgehead atoms. The lowest BCUT2D eigenvalue weighted by molar-refractivity contribution is 0.203. The van der Waals surface area contributed by atoms with Crippen LogP contribution in [0.4, 0.5) is 0 Å². The van der Waals surface area contributed by atoms with Gasteiger partial charge in [0.05, 0.1) is 6.61 Å². The zero-order chi connectivity index (χ0) is 11.2. The van der Waals surface area contributed by atoms with Gasteiger partial charge in [0.1, 0.15) is 0 Å². The van der Waals surface area contributed by atoms with E-state index in [0.717, 1.165) is 29.7 Å². The summed E-state index contributed by atoms with van der Waals surface area (Å²) in [6, 6.07) is 3.95. The van der Waals surface area contributed by atoms with Crippen molar-refractivity contribution in [3.05, 3.63) is 23.9 Å². The first kappa shape index (κ1) is 11.8. The van der Waals surface area contributed by atoms with Crippen LogP contribution in [-0.4, -0.2) is 11.6 Å². The molecule has 1 aromatic rings. The summed E-state index contributed by atoms with van der Waals surface area (Å²) in [7, 11) is 0. The van der Waals surface area contributed by atoms with Crippen LogP contribution in [0.5, 0.6) is 5.88 Å². The molecule has 0 atom stereocenters. The molecule has 1 aliphatic carbocycles. The van der Waals surface area contributed by atoms with E-state index in [1.54, 1.807) is 6.20 Å². The molecule has 0 aromatic carbocycles. The Morgan fingerprint density at radius 3 is 2.88 bits per heavy atom. The zero-order valence-electron chi connectivity index (χ0n) is 9.56. The number of rotatable bonds is 4. The van der Waals surface area contributed by atoms with Crippen LogP contribution in [0.1, 0.15) is 37.7 Å². The van der Waals surface area contributed by atoms with Crippen molar-refractivity contribution < 1.29 is 4.74 Å². The lowest BCUT2D eigenvalue weighted by atomic mass is 9.90. The zero-order valence-corrected chi connectivity index (χ0v) is 10.5. The molecular formula is C13H19NOS. The number of aromatic nitrogens is 1. The number of nitrogens with zero attached hydrogens (tertiary/aromatic N) is 1. The Bertz CT molecular complexity index is 323. The average molecular weight is 237 g/mol.